The van der Waals surface area contributed by atoms with Crippen molar-refractivity contribution in [1.82, 2.24) is 24.8 Å². The van der Waals surface area contributed by atoms with Gasteiger partial charge in [0.05, 0.1) is 12.8 Å². The topological polar surface area (TPSA) is 89.8 Å². The van der Waals surface area contributed by atoms with Gasteiger partial charge in [-0.3, -0.25) is 4.79 Å². The minimum Gasteiger partial charge on any atom is -0.484 e. The van der Waals surface area contributed by atoms with Crippen LogP contribution in [0.4, 0.5) is 9.18 Å². The molecule has 2 amide bonds. The Hall–Kier alpha value is -3.17. The second-order valence-electron chi connectivity index (χ2n) is 6.19. The third kappa shape index (κ3) is 4.96. The van der Waals surface area contributed by atoms with Crippen molar-refractivity contribution in [3.05, 3.63) is 42.0 Å². The summed E-state index contributed by atoms with van der Waals surface area (Å²) < 4.78 is 25.3. The molecule has 0 bridgehead atoms. The van der Waals surface area contributed by atoms with Gasteiger partial charge in [0.1, 0.15) is 18.8 Å². The summed E-state index contributed by atoms with van der Waals surface area (Å²) in [5.41, 5.74) is 0.489. The molecule has 0 spiro atoms. The van der Waals surface area contributed by atoms with Crippen molar-refractivity contribution in [2.24, 2.45) is 0 Å². The van der Waals surface area contributed by atoms with Crippen molar-refractivity contribution >= 4 is 12.0 Å². The molecule has 2 aromatic rings. The predicted octanol–water partition coefficient (Wildman–Crippen LogP) is 1.30. The first kappa shape index (κ1) is 19.6. The smallest absolute Gasteiger partial charge is 0.409 e. The molecule has 0 atom stereocenters. The first-order valence-electron chi connectivity index (χ1n) is 9.02. The molecular weight excluding hydrogens is 369 g/mol. The maximum absolute atomic E-state index is 13.5. The van der Waals surface area contributed by atoms with E-state index in [1.54, 1.807) is 35.1 Å². The summed E-state index contributed by atoms with van der Waals surface area (Å²) in [6, 6.07) is 6.10. The van der Waals surface area contributed by atoms with Gasteiger partial charge in [-0.05, 0) is 19.1 Å². The van der Waals surface area contributed by atoms with E-state index in [-0.39, 0.29) is 30.9 Å². The van der Waals surface area contributed by atoms with E-state index < -0.39 is 5.82 Å². The molecule has 150 valence electrons. The molecule has 28 heavy (non-hydrogen) atoms. The van der Waals surface area contributed by atoms with Crippen molar-refractivity contribution in [3.8, 4) is 5.75 Å². The van der Waals surface area contributed by atoms with Crippen LogP contribution in [0.5, 0.6) is 5.75 Å². The maximum Gasteiger partial charge on any atom is 0.409 e. The molecule has 0 aliphatic carbocycles. The third-order valence-electron chi connectivity index (χ3n) is 4.25. The normalized spacial score (nSPS) is 14.1. The molecule has 0 N–H and O–H groups in total. The minimum atomic E-state index is -0.452. The van der Waals surface area contributed by atoms with Crippen LogP contribution in [0.1, 0.15) is 12.6 Å². The predicted molar refractivity (Wildman–Crippen MR) is 95.9 cm³/mol. The number of nitrogens with zero attached hydrogens (tertiary/aromatic N) is 5. The molecule has 1 saturated heterocycles. The number of para-hydroxylation sites is 1. The van der Waals surface area contributed by atoms with E-state index in [1.807, 2.05) is 0 Å². The summed E-state index contributed by atoms with van der Waals surface area (Å²) in [4.78, 5) is 27.4. The minimum absolute atomic E-state index is 0.0338. The molecule has 1 fully saturated rings. The third-order valence-corrected chi connectivity index (χ3v) is 4.25. The fourth-order valence-electron chi connectivity index (χ4n) is 2.79. The zero-order valence-corrected chi connectivity index (χ0v) is 15.6. The van der Waals surface area contributed by atoms with E-state index in [0.29, 0.717) is 38.5 Å². The van der Waals surface area contributed by atoms with Crippen molar-refractivity contribution in [2.45, 2.75) is 20.1 Å². The number of rotatable bonds is 6. The molecule has 1 aromatic carbocycles. The molecule has 0 unspecified atom stereocenters. The van der Waals surface area contributed by atoms with E-state index in [9.17, 15) is 14.0 Å². The van der Waals surface area contributed by atoms with Gasteiger partial charge < -0.3 is 19.3 Å². The van der Waals surface area contributed by atoms with Crippen molar-refractivity contribution in [2.75, 3.05) is 32.8 Å². The monoisotopic (exact) mass is 391 g/mol. The van der Waals surface area contributed by atoms with E-state index in [2.05, 4.69) is 10.3 Å². The number of hydrogen-bond acceptors (Lipinski definition) is 6. The lowest BCUT2D eigenvalue weighted by molar-refractivity contribution is -0.133. The Labute approximate surface area is 161 Å². The average Bonchev–Trinajstić information content (AvgIpc) is 3.15. The van der Waals surface area contributed by atoms with Gasteiger partial charge in [-0.25, -0.2) is 13.9 Å². The number of aromatic nitrogens is 3. The molecule has 1 aliphatic heterocycles. The Bertz CT molecular complexity index is 820. The number of benzene rings is 1. The number of carbonyl (C=O) groups is 2. The zero-order valence-electron chi connectivity index (χ0n) is 15.6. The maximum atomic E-state index is 13.5. The Balaban J connectivity index is 1.46. The first-order valence-corrected chi connectivity index (χ1v) is 9.02. The van der Waals surface area contributed by atoms with E-state index in [4.69, 9.17) is 9.47 Å². The number of ether oxygens (including phenoxy) is 2. The Morgan fingerprint density at radius 2 is 1.86 bits per heavy atom. The van der Waals surface area contributed by atoms with Gasteiger partial charge >= 0.3 is 6.09 Å². The summed E-state index contributed by atoms with van der Waals surface area (Å²) in [5.74, 6) is -0.436. The van der Waals surface area contributed by atoms with Crippen LogP contribution in [0.25, 0.3) is 0 Å². The number of amides is 2. The summed E-state index contributed by atoms with van der Waals surface area (Å²) in [5, 5.41) is 7.85. The lowest BCUT2D eigenvalue weighted by Crippen LogP contribution is -2.51. The number of halogens is 1. The molecule has 10 heteroatoms. The highest BCUT2D eigenvalue weighted by molar-refractivity contribution is 5.76. The van der Waals surface area contributed by atoms with E-state index in [0.717, 1.165) is 0 Å². The lowest BCUT2D eigenvalue weighted by Gasteiger charge is -2.34. The van der Waals surface area contributed by atoms with Crippen molar-refractivity contribution in [1.29, 1.82) is 0 Å². The molecule has 2 heterocycles. The SMILES string of the molecule is CCOC(=O)N1CCN(C(=O)Cn2cc(COc3ccccc3F)nn2)CC1. The number of piperazine rings is 1. The summed E-state index contributed by atoms with van der Waals surface area (Å²) in [7, 11) is 0. The van der Waals surface area contributed by atoms with Crippen LogP contribution < -0.4 is 4.74 Å². The zero-order chi connectivity index (χ0) is 19.9. The van der Waals surface area contributed by atoms with E-state index >= 15 is 0 Å². The molecule has 1 aromatic heterocycles. The van der Waals surface area contributed by atoms with Crippen LogP contribution in [-0.2, 0) is 22.7 Å². The summed E-state index contributed by atoms with van der Waals surface area (Å²) in [6.07, 6.45) is 1.23. The van der Waals surface area contributed by atoms with Crippen LogP contribution in [0.3, 0.4) is 0 Å². The largest absolute Gasteiger partial charge is 0.484 e. The van der Waals surface area contributed by atoms with Gasteiger partial charge in [-0.1, -0.05) is 17.3 Å². The van der Waals surface area contributed by atoms with Gasteiger partial charge in [0.15, 0.2) is 11.6 Å². The molecule has 0 saturated carbocycles. The quantitative estimate of drug-likeness (QED) is 0.737. The summed E-state index contributed by atoms with van der Waals surface area (Å²) in [6.45, 7) is 3.91. The van der Waals surface area contributed by atoms with Crippen molar-refractivity contribution in [3.63, 3.8) is 0 Å². The van der Waals surface area contributed by atoms with Gasteiger partial charge in [-0.2, -0.15) is 0 Å². The molecule has 1 aliphatic rings. The average molecular weight is 391 g/mol. The van der Waals surface area contributed by atoms with Crippen LogP contribution in [0.15, 0.2) is 30.5 Å². The van der Waals surface area contributed by atoms with Gasteiger partial charge in [0, 0.05) is 26.2 Å². The highest BCUT2D eigenvalue weighted by atomic mass is 19.1. The Kier molecular flexibility index (Phi) is 6.41. The lowest BCUT2D eigenvalue weighted by atomic mass is 10.3. The highest BCUT2D eigenvalue weighted by Gasteiger charge is 2.25. The molecule has 0 radical (unpaired) electrons. The summed E-state index contributed by atoms with van der Waals surface area (Å²) >= 11 is 0. The fraction of sp³-hybridized carbons (Fsp3) is 0.444. The Morgan fingerprint density at radius 1 is 1.14 bits per heavy atom. The second kappa shape index (κ2) is 9.16. The number of hydrogen-bond donors (Lipinski definition) is 0. The van der Waals surface area contributed by atoms with Crippen LogP contribution >= 0.6 is 0 Å². The second-order valence-corrected chi connectivity index (χ2v) is 6.19. The fourth-order valence-corrected chi connectivity index (χ4v) is 2.79. The molecule has 3 rings (SSSR count). The van der Waals surface area contributed by atoms with Gasteiger partial charge in [0.25, 0.3) is 0 Å². The van der Waals surface area contributed by atoms with Crippen molar-refractivity contribution < 1.29 is 23.5 Å². The van der Waals surface area contributed by atoms with Gasteiger partial charge in [-0.15, -0.1) is 5.10 Å². The first-order chi connectivity index (χ1) is 13.6. The standard InChI is InChI=1S/C18H22FN5O4/c1-2-27-18(26)23-9-7-22(8-10-23)17(25)12-24-11-14(20-21-24)13-28-16-6-4-3-5-15(16)19/h3-6,11H,2,7-10,12-13H2,1H3. The van der Waals surface area contributed by atoms with Crippen LogP contribution in [0.2, 0.25) is 0 Å². The molecular formula is C18H22FN5O4. The van der Waals surface area contributed by atoms with Crippen LogP contribution in [-0.4, -0.2) is 69.6 Å². The van der Waals surface area contributed by atoms with E-state index in [1.165, 1.54) is 16.8 Å². The Morgan fingerprint density at radius 3 is 2.57 bits per heavy atom. The highest BCUT2D eigenvalue weighted by Crippen LogP contribution is 2.16. The number of carbonyl (C=O) groups excluding carboxylic acids is 2. The van der Waals surface area contributed by atoms with Gasteiger partial charge in [0.2, 0.25) is 5.91 Å². The molecule has 9 nitrogen and oxygen atoms in total. The van der Waals surface area contributed by atoms with Crippen LogP contribution in [0, 0.1) is 5.82 Å².